The van der Waals surface area contributed by atoms with Gasteiger partial charge in [-0.1, -0.05) is 325 Å². The number of unbranched alkanes of at least 4 members (excludes halogenated alkanes) is 38. The average Bonchev–Trinajstić information content (AvgIpc) is 1.30. The van der Waals surface area contributed by atoms with Crippen molar-refractivity contribution >= 4 is 39.5 Å². The van der Waals surface area contributed by atoms with E-state index in [2.05, 4.69) is 55.4 Å². The highest BCUT2D eigenvalue weighted by Gasteiger charge is 2.30. The molecule has 0 bridgehead atoms. The van der Waals surface area contributed by atoms with Crippen LogP contribution in [0.3, 0.4) is 0 Å². The molecule has 0 fully saturated rings. The number of esters is 4. The molecule has 0 radical (unpaired) electrons. The number of carbonyl (C=O) groups excluding carboxylic acids is 4. The first-order valence-electron chi connectivity index (χ1n) is 38.7. The zero-order chi connectivity index (χ0) is 69.6. The molecule has 0 aromatic rings. The van der Waals surface area contributed by atoms with Crippen LogP contribution in [0.4, 0.5) is 0 Å². The van der Waals surface area contributed by atoms with Gasteiger partial charge in [0.2, 0.25) is 0 Å². The highest BCUT2D eigenvalue weighted by Crippen LogP contribution is 2.45. The summed E-state index contributed by atoms with van der Waals surface area (Å²) >= 11 is 0. The van der Waals surface area contributed by atoms with E-state index >= 15 is 0 Å². The normalized spacial score (nSPS) is 14.2. The SMILES string of the molecule is CC(C)CCCCCCCCCCCCCCCCCCC(=O)O[C@H](COC(=O)CCCCCCCCCCCCCCCC(C)C)COP(=O)(O)OCC(O)COP(=O)(O)OC[C@@H](COC(=O)CCCCCCCCCC(C)C)OC(=O)CCCCCCCCC(C)C. The largest absolute Gasteiger partial charge is 0.472 e. The molecule has 0 saturated heterocycles. The monoisotopic (exact) mass is 1380 g/mol. The molecule has 0 heterocycles. The minimum Gasteiger partial charge on any atom is -0.462 e. The van der Waals surface area contributed by atoms with Crippen LogP contribution in [0, 0.1) is 23.7 Å². The lowest BCUT2D eigenvalue weighted by Gasteiger charge is -2.21. The van der Waals surface area contributed by atoms with Crippen molar-refractivity contribution in [2.24, 2.45) is 23.7 Å². The summed E-state index contributed by atoms with van der Waals surface area (Å²) in [6.07, 6.45) is 48.9. The Bertz CT molecular complexity index is 1850. The van der Waals surface area contributed by atoms with Gasteiger partial charge in [0.05, 0.1) is 26.4 Å². The van der Waals surface area contributed by atoms with Crippen molar-refractivity contribution in [3.05, 3.63) is 0 Å². The van der Waals surface area contributed by atoms with E-state index in [1.54, 1.807) is 0 Å². The van der Waals surface area contributed by atoms with E-state index in [1.807, 2.05) is 0 Å². The maximum absolute atomic E-state index is 13.1. The van der Waals surface area contributed by atoms with Gasteiger partial charge in [-0.15, -0.1) is 0 Å². The molecule has 0 amide bonds. The van der Waals surface area contributed by atoms with Crippen LogP contribution in [-0.4, -0.2) is 96.7 Å². The summed E-state index contributed by atoms with van der Waals surface area (Å²) in [5.41, 5.74) is 0. The predicted octanol–water partition coefficient (Wildman–Crippen LogP) is 21.7. The standard InChI is InChI=1S/C75H146O17P2/c1-65(2)51-43-35-27-22-18-14-11-9-10-12-16-21-25-31-41-49-57-74(79)91-70(61-85-72(77)55-47-39-30-24-20-17-13-15-19-23-28-36-44-52-66(3)4)63-89-93(81,82)87-59-69(76)60-88-94(83,84)90-64-71(92-75(80)58-50-42-34-33-38-46-54-68(7)8)62-86-73(78)56-48-40-32-26-29-37-45-53-67(5)6/h65-71,76H,9-64H2,1-8H3,(H,81,82)(H,83,84)/t69?,70-,71-/m1/s1. The molecule has 0 aliphatic heterocycles. The molecule has 0 spiro atoms. The first kappa shape index (κ1) is 92.1. The van der Waals surface area contributed by atoms with Crippen LogP contribution >= 0.6 is 15.6 Å². The van der Waals surface area contributed by atoms with Crippen LogP contribution in [0.15, 0.2) is 0 Å². The number of aliphatic hydroxyl groups is 1. The number of rotatable bonds is 72. The second-order valence-electron chi connectivity index (χ2n) is 28.9. The Morgan fingerprint density at radius 3 is 0.660 bits per heavy atom. The maximum atomic E-state index is 13.1. The lowest BCUT2D eigenvalue weighted by Crippen LogP contribution is -2.30. The van der Waals surface area contributed by atoms with Gasteiger partial charge in [-0.25, -0.2) is 9.13 Å². The van der Waals surface area contributed by atoms with Crippen molar-refractivity contribution in [3.8, 4) is 0 Å². The quantitative estimate of drug-likeness (QED) is 0.0222. The molecule has 0 saturated carbocycles. The van der Waals surface area contributed by atoms with Crippen LogP contribution in [-0.2, 0) is 65.4 Å². The van der Waals surface area contributed by atoms with Crippen LogP contribution < -0.4 is 0 Å². The third-order valence-corrected chi connectivity index (χ3v) is 19.2. The molecular weight excluding hydrogens is 1230 g/mol. The lowest BCUT2D eigenvalue weighted by atomic mass is 10.0. The van der Waals surface area contributed by atoms with E-state index in [1.165, 1.54) is 173 Å². The van der Waals surface area contributed by atoms with Crippen LogP contribution in [0.1, 0.15) is 376 Å². The van der Waals surface area contributed by atoms with Crippen molar-refractivity contribution in [3.63, 3.8) is 0 Å². The number of hydrogen-bond acceptors (Lipinski definition) is 15. The summed E-state index contributed by atoms with van der Waals surface area (Å²) in [5, 5.41) is 10.6. The first-order valence-corrected chi connectivity index (χ1v) is 41.7. The summed E-state index contributed by atoms with van der Waals surface area (Å²) < 4.78 is 68.4. The summed E-state index contributed by atoms with van der Waals surface area (Å²) in [6, 6.07) is 0. The first-order chi connectivity index (χ1) is 45.1. The molecule has 3 N–H and O–H groups in total. The topological polar surface area (TPSA) is 237 Å². The molecular formula is C75H146O17P2. The van der Waals surface area contributed by atoms with Gasteiger partial charge in [-0.3, -0.25) is 37.3 Å². The molecule has 0 aromatic heterocycles. The average molecular weight is 1380 g/mol. The van der Waals surface area contributed by atoms with Crippen molar-refractivity contribution in [2.45, 2.75) is 395 Å². The zero-order valence-corrected chi connectivity index (χ0v) is 63.4. The van der Waals surface area contributed by atoms with Gasteiger partial charge in [0.15, 0.2) is 12.2 Å². The summed E-state index contributed by atoms with van der Waals surface area (Å²) in [7, 11) is -9.91. The smallest absolute Gasteiger partial charge is 0.462 e. The van der Waals surface area contributed by atoms with Crippen LogP contribution in [0.25, 0.3) is 0 Å². The highest BCUT2D eigenvalue weighted by atomic mass is 31.2. The van der Waals surface area contributed by atoms with E-state index in [0.29, 0.717) is 37.5 Å². The van der Waals surface area contributed by atoms with E-state index < -0.39 is 97.5 Å². The van der Waals surface area contributed by atoms with E-state index in [9.17, 15) is 43.2 Å². The maximum Gasteiger partial charge on any atom is 0.472 e. The molecule has 5 atom stereocenters. The minimum atomic E-state index is -4.96. The number of ether oxygens (including phenoxy) is 4. The van der Waals surface area contributed by atoms with Crippen molar-refractivity contribution in [1.82, 2.24) is 0 Å². The third kappa shape index (κ3) is 68.6. The van der Waals surface area contributed by atoms with Crippen molar-refractivity contribution in [1.29, 1.82) is 0 Å². The number of hydrogen-bond donors (Lipinski definition) is 3. The fourth-order valence-corrected chi connectivity index (χ4v) is 13.0. The van der Waals surface area contributed by atoms with E-state index in [0.717, 1.165) is 108 Å². The number of phosphoric ester groups is 2. The van der Waals surface area contributed by atoms with Crippen LogP contribution in [0.5, 0.6) is 0 Å². The Morgan fingerprint density at radius 1 is 0.266 bits per heavy atom. The predicted molar refractivity (Wildman–Crippen MR) is 381 cm³/mol. The number of aliphatic hydroxyl groups excluding tert-OH is 1. The van der Waals surface area contributed by atoms with Gasteiger partial charge >= 0.3 is 39.5 Å². The summed E-state index contributed by atoms with van der Waals surface area (Å²) in [4.78, 5) is 72.7. The third-order valence-electron chi connectivity index (χ3n) is 17.3. The Morgan fingerprint density at radius 2 is 0.447 bits per heavy atom. The molecule has 0 aliphatic rings. The highest BCUT2D eigenvalue weighted by molar-refractivity contribution is 7.47. The summed E-state index contributed by atoms with van der Waals surface area (Å²) in [6.45, 7) is 14.1. The molecule has 0 rings (SSSR count). The van der Waals surface area contributed by atoms with Gasteiger partial charge in [-0.05, 0) is 49.4 Å². The van der Waals surface area contributed by atoms with Gasteiger partial charge in [-0.2, -0.15) is 0 Å². The molecule has 0 aliphatic carbocycles. The molecule has 17 nitrogen and oxygen atoms in total. The molecule has 94 heavy (non-hydrogen) atoms. The minimum absolute atomic E-state index is 0.101. The second-order valence-corrected chi connectivity index (χ2v) is 31.9. The lowest BCUT2D eigenvalue weighted by molar-refractivity contribution is -0.161. The summed E-state index contributed by atoms with van der Waals surface area (Å²) in [5.74, 6) is 0.847. The van der Waals surface area contributed by atoms with E-state index in [-0.39, 0.29) is 25.7 Å². The fourth-order valence-electron chi connectivity index (χ4n) is 11.4. The molecule has 0 aromatic carbocycles. The van der Waals surface area contributed by atoms with Crippen molar-refractivity contribution in [2.75, 3.05) is 39.6 Å². The van der Waals surface area contributed by atoms with Crippen LogP contribution in [0.2, 0.25) is 0 Å². The Kier molecular flexibility index (Phi) is 63.1. The second kappa shape index (κ2) is 64.4. The number of phosphoric acid groups is 2. The molecule has 19 heteroatoms. The fraction of sp³-hybridized carbons (Fsp3) is 0.947. The molecule has 3 unspecified atom stereocenters. The Hall–Kier alpha value is -1.94. The van der Waals surface area contributed by atoms with Gasteiger partial charge in [0, 0.05) is 25.7 Å². The van der Waals surface area contributed by atoms with Crippen molar-refractivity contribution < 1.29 is 80.2 Å². The van der Waals surface area contributed by atoms with Gasteiger partial charge in [0.1, 0.15) is 19.3 Å². The zero-order valence-electron chi connectivity index (χ0n) is 61.6. The van der Waals surface area contributed by atoms with Gasteiger partial charge < -0.3 is 33.8 Å². The Labute approximate surface area is 575 Å². The number of carbonyl (C=O) groups is 4. The Balaban J connectivity index is 5.21. The van der Waals surface area contributed by atoms with Gasteiger partial charge in [0.25, 0.3) is 0 Å². The molecule has 558 valence electrons. The van der Waals surface area contributed by atoms with E-state index in [4.69, 9.17) is 37.0 Å².